The topological polar surface area (TPSA) is 24.5 Å². The van der Waals surface area contributed by atoms with Gasteiger partial charge in [-0.1, -0.05) is 19.3 Å². The molecule has 16 heavy (non-hydrogen) atoms. The van der Waals surface area contributed by atoms with Crippen molar-refractivity contribution in [3.63, 3.8) is 0 Å². The van der Waals surface area contributed by atoms with Crippen LogP contribution in [0.3, 0.4) is 0 Å². The lowest BCUT2D eigenvalue weighted by Gasteiger charge is -2.36. The van der Waals surface area contributed by atoms with Gasteiger partial charge in [0.05, 0.1) is 13.2 Å². The molecule has 0 amide bonds. The molecule has 94 valence electrons. The minimum atomic E-state index is 0.421. The van der Waals surface area contributed by atoms with Crippen LogP contribution in [0, 0.1) is 0 Å². The van der Waals surface area contributed by atoms with Gasteiger partial charge in [-0.2, -0.15) is 0 Å². The molecule has 0 aromatic heterocycles. The Morgan fingerprint density at radius 2 is 1.81 bits per heavy atom. The highest BCUT2D eigenvalue weighted by Crippen LogP contribution is 2.27. The summed E-state index contributed by atoms with van der Waals surface area (Å²) < 4.78 is 5.35. The van der Waals surface area contributed by atoms with Gasteiger partial charge in [0.2, 0.25) is 0 Å². The second-order valence-corrected chi connectivity index (χ2v) is 5.50. The zero-order valence-electron chi connectivity index (χ0n) is 10.6. The Hall–Kier alpha value is -0.120. The third-order valence-corrected chi connectivity index (χ3v) is 4.04. The first-order valence-electron chi connectivity index (χ1n) is 6.84. The lowest BCUT2D eigenvalue weighted by Crippen LogP contribution is -2.48. The fraction of sp³-hybridized carbons (Fsp3) is 1.00. The first-order valence-corrected chi connectivity index (χ1v) is 6.84. The van der Waals surface area contributed by atoms with Crippen LogP contribution in [-0.2, 0) is 4.74 Å². The average molecular weight is 226 g/mol. The molecule has 3 nitrogen and oxygen atoms in total. The zero-order chi connectivity index (χ0) is 11.3. The van der Waals surface area contributed by atoms with Crippen LogP contribution in [0.5, 0.6) is 0 Å². The van der Waals surface area contributed by atoms with E-state index in [4.69, 9.17) is 4.74 Å². The van der Waals surface area contributed by atoms with Crippen molar-refractivity contribution in [3.05, 3.63) is 0 Å². The van der Waals surface area contributed by atoms with E-state index in [2.05, 4.69) is 17.1 Å². The van der Waals surface area contributed by atoms with Gasteiger partial charge in [0.15, 0.2) is 0 Å². The number of nitrogens with one attached hydrogen (secondary N) is 1. The molecule has 1 N–H and O–H groups in total. The maximum Gasteiger partial charge on any atom is 0.0594 e. The summed E-state index contributed by atoms with van der Waals surface area (Å²) in [4.78, 5) is 2.50. The van der Waals surface area contributed by atoms with Crippen molar-refractivity contribution < 1.29 is 4.74 Å². The van der Waals surface area contributed by atoms with E-state index >= 15 is 0 Å². The number of hydrogen-bond acceptors (Lipinski definition) is 3. The van der Waals surface area contributed by atoms with Crippen molar-refractivity contribution in [3.8, 4) is 0 Å². The van der Waals surface area contributed by atoms with Gasteiger partial charge >= 0.3 is 0 Å². The average Bonchev–Trinajstić information content (AvgIpc) is 2.31. The Bertz CT molecular complexity index is 196. The van der Waals surface area contributed by atoms with E-state index in [9.17, 15) is 0 Å². The summed E-state index contributed by atoms with van der Waals surface area (Å²) in [5.41, 5.74) is 0.421. The van der Waals surface area contributed by atoms with Gasteiger partial charge in [0, 0.05) is 31.7 Å². The quantitative estimate of drug-likeness (QED) is 0.788. The number of morpholine rings is 1. The molecule has 1 saturated carbocycles. The van der Waals surface area contributed by atoms with Crippen LogP contribution in [0.2, 0.25) is 0 Å². The third kappa shape index (κ3) is 3.72. The van der Waals surface area contributed by atoms with Crippen molar-refractivity contribution >= 4 is 0 Å². The molecule has 2 aliphatic rings. The van der Waals surface area contributed by atoms with E-state index in [1.54, 1.807) is 0 Å². The molecule has 0 atom stereocenters. The van der Waals surface area contributed by atoms with E-state index in [0.717, 1.165) is 32.8 Å². The maximum absolute atomic E-state index is 5.35. The van der Waals surface area contributed by atoms with Crippen LogP contribution in [0.25, 0.3) is 0 Å². The minimum absolute atomic E-state index is 0.421. The largest absolute Gasteiger partial charge is 0.379 e. The molecule has 0 unspecified atom stereocenters. The maximum atomic E-state index is 5.35. The summed E-state index contributed by atoms with van der Waals surface area (Å²) in [5.74, 6) is 0. The second kappa shape index (κ2) is 5.99. The van der Waals surface area contributed by atoms with E-state index in [1.165, 1.54) is 38.6 Å². The number of nitrogens with zero attached hydrogens (tertiary/aromatic N) is 1. The van der Waals surface area contributed by atoms with Gasteiger partial charge in [0.1, 0.15) is 0 Å². The van der Waals surface area contributed by atoms with Gasteiger partial charge in [-0.05, 0) is 19.8 Å². The van der Waals surface area contributed by atoms with E-state index < -0.39 is 0 Å². The summed E-state index contributed by atoms with van der Waals surface area (Å²) in [5, 5.41) is 3.76. The standard InChI is InChI=1S/C13H26N2O/c1-13(5-3-2-4-6-13)14-7-8-15-9-11-16-12-10-15/h14H,2-12H2,1H3. The predicted molar refractivity (Wildman–Crippen MR) is 66.8 cm³/mol. The molecule has 1 aliphatic carbocycles. The molecular weight excluding hydrogens is 200 g/mol. The summed E-state index contributed by atoms with van der Waals surface area (Å²) in [6, 6.07) is 0. The minimum Gasteiger partial charge on any atom is -0.379 e. The summed E-state index contributed by atoms with van der Waals surface area (Å²) >= 11 is 0. The molecule has 0 aromatic rings. The Morgan fingerprint density at radius 1 is 1.12 bits per heavy atom. The van der Waals surface area contributed by atoms with Crippen LogP contribution in [0.15, 0.2) is 0 Å². The Morgan fingerprint density at radius 3 is 2.50 bits per heavy atom. The second-order valence-electron chi connectivity index (χ2n) is 5.50. The summed E-state index contributed by atoms with van der Waals surface area (Å²) in [7, 11) is 0. The molecule has 2 rings (SSSR count). The Labute approximate surface area is 99.5 Å². The van der Waals surface area contributed by atoms with Crippen molar-refractivity contribution in [2.75, 3.05) is 39.4 Å². The molecule has 3 heteroatoms. The molecular formula is C13H26N2O. The van der Waals surface area contributed by atoms with Gasteiger partial charge in [-0.25, -0.2) is 0 Å². The van der Waals surface area contributed by atoms with Crippen molar-refractivity contribution in [2.45, 2.75) is 44.6 Å². The summed E-state index contributed by atoms with van der Waals surface area (Å²) in [6.07, 6.45) is 6.95. The zero-order valence-corrected chi connectivity index (χ0v) is 10.6. The van der Waals surface area contributed by atoms with Crippen LogP contribution in [0.4, 0.5) is 0 Å². The first-order chi connectivity index (χ1) is 7.79. The monoisotopic (exact) mass is 226 g/mol. The van der Waals surface area contributed by atoms with E-state index in [1.807, 2.05) is 0 Å². The van der Waals surface area contributed by atoms with Gasteiger partial charge in [0.25, 0.3) is 0 Å². The fourth-order valence-corrected chi connectivity index (χ4v) is 2.85. The van der Waals surface area contributed by atoms with Gasteiger partial charge in [-0.15, -0.1) is 0 Å². The predicted octanol–water partition coefficient (Wildman–Crippen LogP) is 1.63. The molecule has 0 aromatic carbocycles. The highest BCUT2D eigenvalue weighted by molar-refractivity contribution is 4.86. The molecule has 2 fully saturated rings. The SMILES string of the molecule is CC1(NCCN2CCOCC2)CCCCC1. The van der Waals surface area contributed by atoms with Crippen molar-refractivity contribution in [1.29, 1.82) is 0 Å². The number of hydrogen-bond donors (Lipinski definition) is 1. The van der Waals surface area contributed by atoms with Crippen LogP contribution >= 0.6 is 0 Å². The molecule has 1 heterocycles. The first kappa shape index (κ1) is 12.3. The number of rotatable bonds is 4. The normalized spacial score (nSPS) is 26.8. The van der Waals surface area contributed by atoms with Crippen molar-refractivity contribution in [2.24, 2.45) is 0 Å². The highest BCUT2D eigenvalue weighted by atomic mass is 16.5. The Kier molecular flexibility index (Phi) is 4.62. The van der Waals surface area contributed by atoms with E-state index in [0.29, 0.717) is 5.54 Å². The number of ether oxygens (including phenoxy) is 1. The highest BCUT2D eigenvalue weighted by Gasteiger charge is 2.25. The third-order valence-electron chi connectivity index (χ3n) is 4.04. The van der Waals surface area contributed by atoms with Gasteiger partial charge < -0.3 is 10.1 Å². The van der Waals surface area contributed by atoms with Crippen molar-refractivity contribution in [1.82, 2.24) is 10.2 Å². The summed E-state index contributed by atoms with van der Waals surface area (Å²) in [6.45, 7) is 8.76. The molecule has 0 radical (unpaired) electrons. The smallest absolute Gasteiger partial charge is 0.0594 e. The van der Waals surface area contributed by atoms with Gasteiger partial charge in [-0.3, -0.25) is 4.90 Å². The van der Waals surface area contributed by atoms with Crippen LogP contribution < -0.4 is 5.32 Å². The van der Waals surface area contributed by atoms with Crippen LogP contribution in [0.1, 0.15) is 39.0 Å². The molecule has 1 aliphatic heterocycles. The molecule has 0 spiro atoms. The lowest BCUT2D eigenvalue weighted by atomic mass is 9.83. The van der Waals surface area contributed by atoms with Crippen LogP contribution in [-0.4, -0.2) is 49.8 Å². The molecule has 0 bridgehead atoms. The van der Waals surface area contributed by atoms with E-state index in [-0.39, 0.29) is 0 Å². The fourth-order valence-electron chi connectivity index (χ4n) is 2.85. The molecule has 1 saturated heterocycles. The lowest BCUT2D eigenvalue weighted by molar-refractivity contribution is 0.0371. The Balaban J connectivity index is 1.62.